The van der Waals surface area contributed by atoms with E-state index >= 15 is 0 Å². The summed E-state index contributed by atoms with van der Waals surface area (Å²) >= 11 is 0. The summed E-state index contributed by atoms with van der Waals surface area (Å²) in [5, 5.41) is 18.0. The molecular weight excluding hydrogens is 228 g/mol. The Morgan fingerprint density at radius 1 is 1.17 bits per heavy atom. The Morgan fingerprint density at radius 2 is 2.00 bits per heavy atom. The molecule has 3 N–H and O–H groups in total. The quantitative estimate of drug-likeness (QED) is 0.712. The summed E-state index contributed by atoms with van der Waals surface area (Å²) < 4.78 is 1.83. The fraction of sp³-hybridized carbons (Fsp3) is 0.0769. The Morgan fingerprint density at radius 3 is 2.78 bits per heavy atom. The molecule has 0 atom stereocenters. The molecule has 0 amide bonds. The zero-order valence-electron chi connectivity index (χ0n) is 9.61. The van der Waals surface area contributed by atoms with E-state index in [0.717, 1.165) is 11.2 Å². The molecule has 90 valence electrons. The number of pyridine rings is 1. The molecule has 0 saturated carbocycles. The van der Waals surface area contributed by atoms with Crippen molar-refractivity contribution in [2.75, 3.05) is 0 Å². The van der Waals surface area contributed by atoms with Gasteiger partial charge in [-0.25, -0.2) is 0 Å². The van der Waals surface area contributed by atoms with Crippen LogP contribution < -0.4 is 5.73 Å². The summed E-state index contributed by atoms with van der Waals surface area (Å²) in [6, 6.07) is 10.9. The Balaban J connectivity index is 2.22. The molecule has 0 aliphatic carbocycles. The smallest absolute Gasteiger partial charge is 0.172 e. The number of aromatic hydroxyl groups is 1. The van der Waals surface area contributed by atoms with E-state index in [0.29, 0.717) is 17.9 Å². The molecule has 0 aliphatic rings. The lowest BCUT2D eigenvalue weighted by atomic mass is 10.2. The summed E-state index contributed by atoms with van der Waals surface area (Å²) in [5.41, 5.74) is 7.96. The van der Waals surface area contributed by atoms with Crippen LogP contribution in [0.5, 0.6) is 5.75 Å². The van der Waals surface area contributed by atoms with Gasteiger partial charge < -0.3 is 10.8 Å². The van der Waals surface area contributed by atoms with Crippen LogP contribution in [0.4, 0.5) is 0 Å². The lowest BCUT2D eigenvalue weighted by Crippen LogP contribution is -1.97. The van der Waals surface area contributed by atoms with E-state index in [1.54, 1.807) is 12.1 Å². The van der Waals surface area contributed by atoms with E-state index in [4.69, 9.17) is 5.73 Å². The highest BCUT2D eigenvalue weighted by molar-refractivity contribution is 5.66. The van der Waals surface area contributed by atoms with E-state index in [9.17, 15) is 5.11 Å². The van der Waals surface area contributed by atoms with Gasteiger partial charge in [-0.2, -0.15) is 0 Å². The molecule has 2 heterocycles. The highest BCUT2D eigenvalue weighted by Crippen LogP contribution is 2.27. The van der Waals surface area contributed by atoms with Crippen molar-refractivity contribution in [2.24, 2.45) is 5.73 Å². The first-order valence-electron chi connectivity index (χ1n) is 5.61. The lowest BCUT2D eigenvalue weighted by molar-refractivity contribution is 0.477. The monoisotopic (exact) mass is 240 g/mol. The second-order valence-corrected chi connectivity index (χ2v) is 4.01. The fourth-order valence-electron chi connectivity index (χ4n) is 1.91. The third-order valence-electron chi connectivity index (χ3n) is 2.86. The van der Waals surface area contributed by atoms with Gasteiger partial charge in [0.2, 0.25) is 0 Å². The number of hydrogen-bond acceptors (Lipinski definition) is 4. The van der Waals surface area contributed by atoms with Crippen LogP contribution in [0.2, 0.25) is 0 Å². The van der Waals surface area contributed by atoms with Crippen molar-refractivity contribution in [2.45, 2.75) is 6.54 Å². The van der Waals surface area contributed by atoms with Crippen LogP contribution in [0, 0.1) is 0 Å². The Kier molecular flexibility index (Phi) is 2.46. The number of nitrogens with zero attached hydrogens (tertiary/aromatic N) is 3. The number of para-hydroxylation sites is 1. The molecule has 0 radical (unpaired) electrons. The van der Waals surface area contributed by atoms with E-state index in [1.807, 2.05) is 34.9 Å². The predicted octanol–water partition coefficient (Wildman–Crippen LogP) is 1.56. The van der Waals surface area contributed by atoms with Gasteiger partial charge in [0, 0.05) is 12.7 Å². The molecule has 1 aromatic carbocycles. The van der Waals surface area contributed by atoms with Crippen molar-refractivity contribution < 1.29 is 5.11 Å². The second-order valence-electron chi connectivity index (χ2n) is 4.01. The summed E-state index contributed by atoms with van der Waals surface area (Å²) in [5.74, 6) is 0.807. The zero-order chi connectivity index (χ0) is 12.5. The number of phenolic OH excluding ortho intramolecular Hbond substituents is 1. The number of hydrogen-bond donors (Lipinski definition) is 2. The van der Waals surface area contributed by atoms with Crippen molar-refractivity contribution in [3.63, 3.8) is 0 Å². The first-order valence-corrected chi connectivity index (χ1v) is 5.61. The number of fused-ring (bicyclic) bond motifs is 1. The van der Waals surface area contributed by atoms with E-state index in [2.05, 4.69) is 10.2 Å². The number of aromatic nitrogens is 3. The van der Waals surface area contributed by atoms with Crippen molar-refractivity contribution in [1.29, 1.82) is 0 Å². The maximum Gasteiger partial charge on any atom is 0.172 e. The highest BCUT2D eigenvalue weighted by Gasteiger charge is 2.11. The summed E-state index contributed by atoms with van der Waals surface area (Å²) in [6.07, 6.45) is 1.86. The first-order chi connectivity index (χ1) is 8.79. The van der Waals surface area contributed by atoms with Crippen LogP contribution in [-0.4, -0.2) is 19.7 Å². The first kappa shape index (κ1) is 10.7. The average molecular weight is 240 g/mol. The topological polar surface area (TPSA) is 76.4 Å². The van der Waals surface area contributed by atoms with Gasteiger partial charge in [-0.05, 0) is 29.8 Å². The largest absolute Gasteiger partial charge is 0.507 e. The van der Waals surface area contributed by atoms with Gasteiger partial charge in [0.1, 0.15) is 5.75 Å². The summed E-state index contributed by atoms with van der Waals surface area (Å²) in [6.45, 7) is 0.468. The molecule has 0 unspecified atom stereocenters. The van der Waals surface area contributed by atoms with E-state index in [1.165, 1.54) is 0 Å². The summed E-state index contributed by atoms with van der Waals surface area (Å²) in [7, 11) is 0. The standard InChI is InChI=1S/C13H12N4O/c14-8-9-5-6-17-12(7-9)15-16-13(17)10-3-1-2-4-11(10)18/h1-7,18H,8,14H2. The molecule has 18 heavy (non-hydrogen) atoms. The average Bonchev–Trinajstić information content (AvgIpc) is 2.82. The van der Waals surface area contributed by atoms with Crippen LogP contribution in [-0.2, 0) is 6.54 Å². The second kappa shape index (κ2) is 4.12. The van der Waals surface area contributed by atoms with E-state index in [-0.39, 0.29) is 5.75 Å². The van der Waals surface area contributed by atoms with Crippen LogP contribution >= 0.6 is 0 Å². The molecule has 5 nitrogen and oxygen atoms in total. The van der Waals surface area contributed by atoms with Gasteiger partial charge >= 0.3 is 0 Å². The molecule has 0 aliphatic heterocycles. The number of rotatable bonds is 2. The molecule has 0 spiro atoms. The molecule has 0 fully saturated rings. The van der Waals surface area contributed by atoms with Gasteiger partial charge in [0.05, 0.1) is 5.56 Å². The van der Waals surface area contributed by atoms with Gasteiger partial charge in [-0.1, -0.05) is 12.1 Å². The SMILES string of the molecule is NCc1ccn2c(-c3ccccc3O)nnc2c1. The highest BCUT2D eigenvalue weighted by atomic mass is 16.3. The lowest BCUT2D eigenvalue weighted by Gasteiger charge is -2.03. The van der Waals surface area contributed by atoms with Gasteiger partial charge in [0.15, 0.2) is 11.5 Å². The van der Waals surface area contributed by atoms with Crippen molar-refractivity contribution >= 4 is 5.65 Å². The Bertz CT molecular complexity index is 705. The maximum absolute atomic E-state index is 9.84. The van der Waals surface area contributed by atoms with E-state index < -0.39 is 0 Å². The summed E-state index contributed by atoms with van der Waals surface area (Å²) in [4.78, 5) is 0. The maximum atomic E-state index is 9.84. The third-order valence-corrected chi connectivity index (χ3v) is 2.86. The van der Waals surface area contributed by atoms with Gasteiger partial charge in [-0.15, -0.1) is 10.2 Å². The molecule has 5 heteroatoms. The minimum Gasteiger partial charge on any atom is -0.507 e. The molecule has 3 aromatic rings. The molecular formula is C13H12N4O. The van der Waals surface area contributed by atoms with Gasteiger partial charge in [-0.3, -0.25) is 4.40 Å². The van der Waals surface area contributed by atoms with Crippen LogP contribution in [0.1, 0.15) is 5.56 Å². The van der Waals surface area contributed by atoms with Crippen LogP contribution in [0.25, 0.3) is 17.0 Å². The minimum absolute atomic E-state index is 0.190. The normalized spacial score (nSPS) is 10.9. The predicted molar refractivity (Wildman–Crippen MR) is 68.0 cm³/mol. The fourth-order valence-corrected chi connectivity index (χ4v) is 1.91. The van der Waals surface area contributed by atoms with Crippen molar-refractivity contribution in [3.8, 4) is 17.1 Å². The molecule has 2 aromatic heterocycles. The third kappa shape index (κ3) is 1.61. The van der Waals surface area contributed by atoms with Crippen LogP contribution in [0.3, 0.4) is 0 Å². The molecule has 3 rings (SSSR count). The van der Waals surface area contributed by atoms with Gasteiger partial charge in [0.25, 0.3) is 0 Å². The Hall–Kier alpha value is -2.40. The van der Waals surface area contributed by atoms with Crippen LogP contribution in [0.15, 0.2) is 42.6 Å². The number of benzene rings is 1. The number of nitrogens with two attached hydrogens (primary N) is 1. The molecule has 0 saturated heterocycles. The zero-order valence-corrected chi connectivity index (χ0v) is 9.61. The van der Waals surface area contributed by atoms with Crippen molar-refractivity contribution in [1.82, 2.24) is 14.6 Å². The molecule has 0 bridgehead atoms. The Labute approximate surface area is 104 Å². The minimum atomic E-state index is 0.190. The van der Waals surface area contributed by atoms with Crippen molar-refractivity contribution in [3.05, 3.63) is 48.2 Å². The number of phenols is 1.